The molecule has 1 aliphatic rings. The molecular formula is C22H19FN2O3S. The maximum Gasteiger partial charge on any atom is 0.261 e. The van der Waals surface area contributed by atoms with Crippen LogP contribution in [0.5, 0.6) is 0 Å². The quantitative estimate of drug-likeness (QED) is 0.711. The molecule has 0 radical (unpaired) electrons. The molecule has 0 aliphatic carbocycles. The Kier molecular flexibility index (Phi) is 5.07. The van der Waals surface area contributed by atoms with E-state index in [-0.39, 0.29) is 22.1 Å². The van der Waals surface area contributed by atoms with Gasteiger partial charge in [-0.1, -0.05) is 36.4 Å². The number of para-hydroxylation sites is 1. The molecule has 3 aromatic carbocycles. The van der Waals surface area contributed by atoms with Crippen molar-refractivity contribution in [3.8, 4) is 0 Å². The van der Waals surface area contributed by atoms with E-state index in [0.29, 0.717) is 13.1 Å². The monoisotopic (exact) mass is 410 g/mol. The summed E-state index contributed by atoms with van der Waals surface area (Å²) in [4.78, 5) is 14.8. The largest absolute Gasteiger partial charge is 0.334 e. The van der Waals surface area contributed by atoms with Crippen molar-refractivity contribution in [2.75, 3.05) is 11.3 Å². The van der Waals surface area contributed by atoms with Crippen molar-refractivity contribution in [1.82, 2.24) is 4.90 Å². The van der Waals surface area contributed by atoms with Crippen molar-refractivity contribution in [2.45, 2.75) is 17.9 Å². The Labute approximate surface area is 168 Å². The van der Waals surface area contributed by atoms with Crippen LogP contribution in [-0.2, 0) is 23.0 Å². The lowest BCUT2D eigenvalue weighted by atomic mass is 9.99. The molecule has 0 unspecified atom stereocenters. The van der Waals surface area contributed by atoms with E-state index in [1.807, 2.05) is 18.2 Å². The number of fused-ring (bicyclic) bond motifs is 1. The zero-order valence-electron chi connectivity index (χ0n) is 15.5. The minimum absolute atomic E-state index is 0.0759. The topological polar surface area (TPSA) is 66.5 Å². The number of rotatable bonds is 4. The maximum atomic E-state index is 13.1. The summed E-state index contributed by atoms with van der Waals surface area (Å²) < 4.78 is 40.9. The standard InChI is InChI=1S/C22H19FN2O3S/c23-18-9-11-19(12-10-18)29(27,28)24-21-8-4-3-7-20(21)22(26)25-14-13-16-5-1-2-6-17(16)15-25/h1-12,24H,13-15H2. The van der Waals surface area contributed by atoms with Gasteiger partial charge in [0.1, 0.15) is 5.82 Å². The summed E-state index contributed by atoms with van der Waals surface area (Å²) in [7, 11) is -3.95. The molecule has 1 amide bonds. The highest BCUT2D eigenvalue weighted by Gasteiger charge is 2.25. The molecular weight excluding hydrogens is 391 g/mol. The zero-order valence-corrected chi connectivity index (χ0v) is 16.3. The molecule has 0 atom stereocenters. The van der Waals surface area contributed by atoms with Crippen LogP contribution >= 0.6 is 0 Å². The molecule has 3 aromatic rings. The third-order valence-corrected chi connectivity index (χ3v) is 6.33. The van der Waals surface area contributed by atoms with Crippen molar-refractivity contribution in [3.05, 3.63) is 95.3 Å². The van der Waals surface area contributed by atoms with Crippen molar-refractivity contribution < 1.29 is 17.6 Å². The minimum Gasteiger partial charge on any atom is -0.334 e. The number of nitrogens with zero attached hydrogens (tertiary/aromatic N) is 1. The van der Waals surface area contributed by atoms with E-state index < -0.39 is 15.8 Å². The average Bonchev–Trinajstić information content (AvgIpc) is 2.73. The molecule has 0 fully saturated rings. The van der Waals surface area contributed by atoms with Gasteiger partial charge in [0.05, 0.1) is 16.1 Å². The molecule has 0 saturated heterocycles. The van der Waals surface area contributed by atoms with Crippen molar-refractivity contribution >= 4 is 21.6 Å². The lowest BCUT2D eigenvalue weighted by molar-refractivity contribution is 0.0736. The fourth-order valence-corrected chi connectivity index (χ4v) is 4.50. The summed E-state index contributed by atoms with van der Waals surface area (Å²) in [5.74, 6) is -0.762. The fraction of sp³-hybridized carbons (Fsp3) is 0.136. The summed E-state index contributed by atoms with van der Waals surface area (Å²) in [6.45, 7) is 1.04. The predicted octanol–water partition coefficient (Wildman–Crippen LogP) is 3.83. The Morgan fingerprint density at radius 2 is 1.55 bits per heavy atom. The van der Waals surface area contributed by atoms with Crippen LogP contribution in [0, 0.1) is 5.82 Å². The van der Waals surface area contributed by atoms with Gasteiger partial charge in [-0.25, -0.2) is 12.8 Å². The number of hydrogen-bond donors (Lipinski definition) is 1. The molecule has 7 heteroatoms. The van der Waals surface area contributed by atoms with E-state index in [0.717, 1.165) is 24.1 Å². The number of nitrogens with one attached hydrogen (secondary N) is 1. The number of benzene rings is 3. The smallest absolute Gasteiger partial charge is 0.261 e. The van der Waals surface area contributed by atoms with Crippen LogP contribution in [0.15, 0.2) is 77.7 Å². The third kappa shape index (κ3) is 4.00. The van der Waals surface area contributed by atoms with Crippen molar-refractivity contribution in [3.63, 3.8) is 0 Å². The second-order valence-corrected chi connectivity index (χ2v) is 8.53. The van der Waals surface area contributed by atoms with Gasteiger partial charge < -0.3 is 4.90 Å². The summed E-state index contributed by atoms with van der Waals surface area (Å²) >= 11 is 0. The molecule has 4 rings (SSSR count). The van der Waals surface area contributed by atoms with E-state index in [4.69, 9.17) is 0 Å². The Morgan fingerprint density at radius 3 is 2.31 bits per heavy atom. The van der Waals surface area contributed by atoms with Gasteiger partial charge in [0.2, 0.25) is 0 Å². The minimum atomic E-state index is -3.95. The summed E-state index contributed by atoms with van der Waals surface area (Å²) in [5, 5.41) is 0. The predicted molar refractivity (Wildman–Crippen MR) is 109 cm³/mol. The first-order chi connectivity index (χ1) is 13.9. The van der Waals surface area contributed by atoms with E-state index in [1.54, 1.807) is 29.2 Å². The molecule has 0 saturated carbocycles. The highest BCUT2D eigenvalue weighted by Crippen LogP contribution is 2.25. The van der Waals surface area contributed by atoms with Crippen LogP contribution in [0.4, 0.5) is 10.1 Å². The van der Waals surface area contributed by atoms with Crippen LogP contribution in [0.3, 0.4) is 0 Å². The van der Waals surface area contributed by atoms with Gasteiger partial charge in [-0.15, -0.1) is 0 Å². The van der Waals surface area contributed by atoms with Gasteiger partial charge in [-0.05, 0) is 53.9 Å². The number of anilines is 1. The molecule has 148 valence electrons. The average molecular weight is 410 g/mol. The highest BCUT2D eigenvalue weighted by atomic mass is 32.2. The Morgan fingerprint density at radius 1 is 0.897 bits per heavy atom. The van der Waals surface area contributed by atoms with Gasteiger partial charge in [-0.2, -0.15) is 0 Å². The van der Waals surface area contributed by atoms with Crippen molar-refractivity contribution in [1.29, 1.82) is 0 Å². The van der Waals surface area contributed by atoms with Crippen LogP contribution in [0.2, 0.25) is 0 Å². The SMILES string of the molecule is O=C(c1ccccc1NS(=O)(=O)c1ccc(F)cc1)N1CCc2ccccc2C1. The first kappa shape index (κ1) is 19.1. The number of hydrogen-bond acceptors (Lipinski definition) is 3. The number of amides is 1. The molecule has 1 aliphatic heterocycles. The van der Waals surface area contributed by atoms with Crippen LogP contribution in [0.25, 0.3) is 0 Å². The zero-order chi connectivity index (χ0) is 20.4. The van der Waals surface area contributed by atoms with E-state index in [1.165, 1.54) is 17.7 Å². The van der Waals surface area contributed by atoms with Crippen LogP contribution in [0.1, 0.15) is 21.5 Å². The molecule has 29 heavy (non-hydrogen) atoms. The van der Waals surface area contributed by atoms with Crippen LogP contribution < -0.4 is 4.72 Å². The van der Waals surface area contributed by atoms with Gasteiger partial charge in [0, 0.05) is 13.1 Å². The second-order valence-electron chi connectivity index (χ2n) is 6.85. The molecule has 0 bridgehead atoms. The lowest BCUT2D eigenvalue weighted by Crippen LogP contribution is -2.36. The first-order valence-electron chi connectivity index (χ1n) is 9.17. The first-order valence-corrected chi connectivity index (χ1v) is 10.7. The third-order valence-electron chi connectivity index (χ3n) is 4.94. The Bertz CT molecular complexity index is 1160. The molecule has 0 spiro atoms. The van der Waals surface area contributed by atoms with Gasteiger partial charge in [-0.3, -0.25) is 9.52 Å². The molecule has 1 N–H and O–H groups in total. The number of sulfonamides is 1. The number of carbonyl (C=O) groups is 1. The second kappa shape index (κ2) is 7.67. The molecule has 5 nitrogen and oxygen atoms in total. The van der Waals surface area contributed by atoms with E-state index in [2.05, 4.69) is 10.8 Å². The van der Waals surface area contributed by atoms with E-state index in [9.17, 15) is 17.6 Å². The Balaban J connectivity index is 1.60. The number of halogens is 1. The lowest BCUT2D eigenvalue weighted by Gasteiger charge is -2.29. The Hall–Kier alpha value is -3.19. The summed E-state index contributed by atoms with van der Waals surface area (Å²) in [6.07, 6.45) is 0.755. The summed E-state index contributed by atoms with van der Waals surface area (Å²) in [5.41, 5.74) is 2.79. The van der Waals surface area contributed by atoms with Crippen LogP contribution in [-0.4, -0.2) is 25.8 Å². The molecule has 0 aromatic heterocycles. The fourth-order valence-electron chi connectivity index (χ4n) is 3.42. The van der Waals surface area contributed by atoms with Gasteiger partial charge >= 0.3 is 0 Å². The summed E-state index contributed by atoms with van der Waals surface area (Å²) in [6, 6.07) is 19.0. The highest BCUT2D eigenvalue weighted by molar-refractivity contribution is 7.92. The van der Waals surface area contributed by atoms with E-state index >= 15 is 0 Å². The van der Waals surface area contributed by atoms with Gasteiger partial charge in [0.15, 0.2) is 0 Å². The molecule has 1 heterocycles. The van der Waals surface area contributed by atoms with Crippen molar-refractivity contribution in [2.24, 2.45) is 0 Å². The number of carbonyl (C=O) groups excluding carboxylic acids is 1. The van der Waals surface area contributed by atoms with Gasteiger partial charge in [0.25, 0.3) is 15.9 Å². The normalized spacial score (nSPS) is 13.6. The maximum absolute atomic E-state index is 13.1.